The van der Waals surface area contributed by atoms with Crippen molar-refractivity contribution in [2.45, 2.75) is 18.4 Å². The fourth-order valence-electron chi connectivity index (χ4n) is 1.22. The van der Waals surface area contributed by atoms with E-state index in [0.29, 0.717) is 12.8 Å². The van der Waals surface area contributed by atoms with Crippen LogP contribution in [0, 0.1) is 0 Å². The molecule has 0 unspecified atom stereocenters. The first-order valence-corrected chi connectivity index (χ1v) is 6.30. The molecular weight excluding hydrogens is 294 g/mol. The lowest BCUT2D eigenvalue weighted by Crippen LogP contribution is -2.26. The summed E-state index contributed by atoms with van der Waals surface area (Å²) in [6, 6.07) is 0. The Bertz CT molecular complexity index is 552. The number of carboxylic acid groups (broad SMARTS) is 1. The zero-order chi connectivity index (χ0) is 14.0. The number of hydrogen-bond acceptors (Lipinski definition) is 9. The number of oxime groups is 1. The Kier molecular flexibility index (Phi) is 3.62. The Labute approximate surface area is 116 Å². The molecule has 0 bridgehead atoms. The van der Waals surface area contributed by atoms with Crippen LogP contribution >= 0.6 is 24.2 Å². The van der Waals surface area contributed by atoms with E-state index in [-0.39, 0.29) is 16.5 Å². The molecule has 1 aromatic rings. The summed E-state index contributed by atoms with van der Waals surface area (Å²) < 4.78 is 4.24. The zero-order valence-electron chi connectivity index (χ0n) is 9.40. The van der Waals surface area contributed by atoms with Gasteiger partial charge in [0.25, 0.3) is 0 Å². The highest BCUT2D eigenvalue weighted by molar-refractivity contribution is 7.75. The monoisotopic (exact) mass is 303 g/mol. The summed E-state index contributed by atoms with van der Waals surface area (Å²) in [5.74, 6) is -2.04. The summed E-state index contributed by atoms with van der Waals surface area (Å²) in [5, 5.41) is 14.2. The number of rotatable bonds is 5. The standard InChI is InChI=1S/C9H9N3O5S2/c10-8-11-4(3-19-8)5(6(13)16-18)12-17-9(1-2-9)7(14)15/h3,18H,1-2H2,(H2,10,11)(H,14,15)/b12-5-. The second kappa shape index (κ2) is 5.05. The van der Waals surface area contributed by atoms with E-state index in [0.717, 1.165) is 11.3 Å². The highest BCUT2D eigenvalue weighted by Crippen LogP contribution is 2.40. The van der Waals surface area contributed by atoms with Crippen molar-refractivity contribution in [3.63, 3.8) is 0 Å². The number of aromatic nitrogens is 1. The number of nitrogens with zero attached hydrogens (tertiary/aromatic N) is 2. The molecular formula is C9H9N3O5S2. The number of thiazole rings is 1. The van der Waals surface area contributed by atoms with Crippen LogP contribution in [0.2, 0.25) is 0 Å². The molecule has 3 N–H and O–H groups in total. The van der Waals surface area contributed by atoms with E-state index in [9.17, 15) is 9.59 Å². The highest BCUT2D eigenvalue weighted by Gasteiger charge is 2.54. The van der Waals surface area contributed by atoms with Gasteiger partial charge in [-0.05, 0) is 0 Å². The smallest absolute Gasteiger partial charge is 0.374 e. The predicted octanol–water partition coefficient (Wildman–Crippen LogP) is 0.451. The van der Waals surface area contributed by atoms with Gasteiger partial charge in [-0.3, -0.25) is 0 Å². The van der Waals surface area contributed by atoms with Crippen LogP contribution in [-0.4, -0.2) is 33.3 Å². The van der Waals surface area contributed by atoms with Gasteiger partial charge in [-0.25, -0.2) is 14.6 Å². The van der Waals surface area contributed by atoms with Crippen LogP contribution in [0.15, 0.2) is 10.5 Å². The van der Waals surface area contributed by atoms with Crippen molar-refractivity contribution in [3.05, 3.63) is 11.1 Å². The van der Waals surface area contributed by atoms with Gasteiger partial charge in [-0.1, -0.05) is 5.16 Å². The van der Waals surface area contributed by atoms with E-state index in [1.807, 2.05) is 0 Å². The molecule has 1 aliphatic rings. The van der Waals surface area contributed by atoms with Crippen molar-refractivity contribution >= 4 is 47.0 Å². The van der Waals surface area contributed by atoms with E-state index in [1.165, 1.54) is 5.38 Å². The molecule has 1 fully saturated rings. The number of carboxylic acids is 1. The van der Waals surface area contributed by atoms with Crippen LogP contribution in [0.4, 0.5) is 5.13 Å². The van der Waals surface area contributed by atoms with Crippen molar-refractivity contribution in [2.75, 3.05) is 5.73 Å². The van der Waals surface area contributed by atoms with E-state index in [2.05, 4.69) is 27.2 Å². The van der Waals surface area contributed by atoms with Gasteiger partial charge in [0, 0.05) is 31.1 Å². The van der Waals surface area contributed by atoms with Crippen LogP contribution in [0.5, 0.6) is 0 Å². The largest absolute Gasteiger partial charge is 0.478 e. The topological polar surface area (TPSA) is 124 Å². The minimum Gasteiger partial charge on any atom is -0.478 e. The quantitative estimate of drug-likeness (QED) is 0.312. The number of aliphatic carboxylic acids is 1. The van der Waals surface area contributed by atoms with Crippen LogP contribution in [0.3, 0.4) is 0 Å². The number of carbonyl (C=O) groups is 2. The van der Waals surface area contributed by atoms with Crippen molar-refractivity contribution in [1.29, 1.82) is 0 Å². The third-order valence-corrected chi connectivity index (χ3v) is 3.29. The molecule has 19 heavy (non-hydrogen) atoms. The third-order valence-electron chi connectivity index (χ3n) is 2.45. The molecule has 1 aromatic heterocycles. The summed E-state index contributed by atoms with van der Waals surface area (Å²) in [7, 11) is 0. The molecule has 0 atom stereocenters. The van der Waals surface area contributed by atoms with Crippen molar-refractivity contribution in [2.24, 2.45) is 5.16 Å². The summed E-state index contributed by atoms with van der Waals surface area (Å²) in [5.41, 5.74) is 3.95. The van der Waals surface area contributed by atoms with E-state index in [1.54, 1.807) is 0 Å². The second-order valence-corrected chi connectivity index (χ2v) is 4.85. The van der Waals surface area contributed by atoms with Gasteiger partial charge < -0.3 is 19.9 Å². The maximum atomic E-state index is 11.5. The van der Waals surface area contributed by atoms with Gasteiger partial charge in [-0.2, -0.15) is 0 Å². The van der Waals surface area contributed by atoms with Crippen LogP contribution in [-0.2, 0) is 18.6 Å². The van der Waals surface area contributed by atoms with Gasteiger partial charge in [0.2, 0.25) is 11.3 Å². The van der Waals surface area contributed by atoms with Crippen LogP contribution in [0.25, 0.3) is 0 Å². The molecule has 0 spiro atoms. The van der Waals surface area contributed by atoms with Crippen molar-refractivity contribution < 1.29 is 23.7 Å². The Balaban J connectivity index is 2.24. The Hall–Kier alpha value is -1.81. The summed E-state index contributed by atoms with van der Waals surface area (Å²) in [6.45, 7) is 0. The fourth-order valence-corrected chi connectivity index (χ4v) is 1.85. The lowest BCUT2D eigenvalue weighted by Gasteiger charge is -2.08. The van der Waals surface area contributed by atoms with Crippen molar-refractivity contribution in [3.8, 4) is 0 Å². The molecule has 0 saturated heterocycles. The third kappa shape index (κ3) is 2.79. The highest BCUT2D eigenvalue weighted by atomic mass is 32.1. The molecule has 2 rings (SSSR count). The number of nitrogens with two attached hydrogens (primary N) is 1. The van der Waals surface area contributed by atoms with Crippen LogP contribution < -0.4 is 5.73 Å². The normalized spacial score (nSPS) is 16.8. The Morgan fingerprint density at radius 1 is 1.58 bits per heavy atom. The zero-order valence-corrected chi connectivity index (χ0v) is 11.1. The van der Waals surface area contributed by atoms with Crippen LogP contribution in [0.1, 0.15) is 18.5 Å². The molecule has 102 valence electrons. The second-order valence-electron chi connectivity index (χ2n) is 3.78. The summed E-state index contributed by atoms with van der Waals surface area (Å²) >= 11 is 4.47. The molecule has 8 nitrogen and oxygen atoms in total. The van der Waals surface area contributed by atoms with Gasteiger partial charge in [0.05, 0.1) is 0 Å². The first kappa shape index (κ1) is 13.6. The maximum Gasteiger partial charge on any atom is 0.374 e. The number of hydrogen-bond donors (Lipinski definition) is 3. The summed E-state index contributed by atoms with van der Waals surface area (Å²) in [6.07, 6.45) is 0.655. The number of carbonyl (C=O) groups excluding carboxylic acids is 1. The van der Waals surface area contributed by atoms with Gasteiger partial charge in [0.1, 0.15) is 5.69 Å². The Morgan fingerprint density at radius 3 is 2.68 bits per heavy atom. The van der Waals surface area contributed by atoms with E-state index >= 15 is 0 Å². The molecule has 0 aliphatic heterocycles. The minimum absolute atomic E-state index is 0.141. The molecule has 0 aromatic carbocycles. The number of nitrogen functional groups attached to an aromatic ring is 1. The molecule has 1 heterocycles. The number of thiol groups is 1. The van der Waals surface area contributed by atoms with Gasteiger partial charge >= 0.3 is 11.9 Å². The van der Waals surface area contributed by atoms with E-state index in [4.69, 9.17) is 15.7 Å². The first-order chi connectivity index (χ1) is 8.98. The summed E-state index contributed by atoms with van der Waals surface area (Å²) in [4.78, 5) is 31.2. The van der Waals surface area contributed by atoms with Gasteiger partial charge in [0.15, 0.2) is 5.13 Å². The maximum absolute atomic E-state index is 11.5. The fraction of sp³-hybridized carbons (Fsp3) is 0.333. The predicted molar refractivity (Wildman–Crippen MR) is 68.8 cm³/mol. The Morgan fingerprint density at radius 2 is 2.26 bits per heavy atom. The van der Waals surface area contributed by atoms with Gasteiger partial charge in [-0.15, -0.1) is 11.3 Å². The lowest BCUT2D eigenvalue weighted by atomic mass is 10.3. The van der Waals surface area contributed by atoms with E-state index < -0.39 is 17.5 Å². The molecule has 1 aliphatic carbocycles. The number of anilines is 1. The molecule has 0 radical (unpaired) electrons. The molecule has 1 saturated carbocycles. The average molecular weight is 303 g/mol. The molecule has 0 amide bonds. The molecule has 10 heteroatoms. The average Bonchev–Trinajstić information content (AvgIpc) is 3.06. The minimum atomic E-state index is -1.36. The first-order valence-electron chi connectivity index (χ1n) is 5.05. The van der Waals surface area contributed by atoms with Crippen molar-refractivity contribution in [1.82, 2.24) is 4.98 Å². The lowest BCUT2D eigenvalue weighted by molar-refractivity contribution is -0.153. The SMILES string of the molecule is Nc1nc(/C(=N/OC2(C(=O)O)CC2)C(=O)OS)cs1.